The monoisotopic (exact) mass is 274 g/mol. The maximum atomic E-state index is 11.3. The highest BCUT2D eigenvalue weighted by Gasteiger charge is 2.47. The second-order valence-electron chi connectivity index (χ2n) is 2.45. The van der Waals surface area contributed by atoms with Crippen LogP contribution >= 0.6 is 31.9 Å². The number of hydrogen-bond donors (Lipinski definition) is 0. The van der Waals surface area contributed by atoms with E-state index < -0.39 is 3.23 Å². The lowest BCUT2D eigenvalue weighted by molar-refractivity contribution is 0.0955. The average molecular weight is 276 g/mol. The first-order valence-corrected chi connectivity index (χ1v) is 4.75. The van der Waals surface area contributed by atoms with Crippen LogP contribution in [-0.2, 0) is 3.23 Å². The Balaban J connectivity index is 2.65. The molecule has 3 heteroatoms. The number of hydrogen-bond acceptors (Lipinski definition) is 1. The Morgan fingerprint density at radius 1 is 1.18 bits per heavy atom. The molecule has 0 saturated carbocycles. The first-order valence-electron chi connectivity index (χ1n) is 3.16. The molecule has 56 valence electrons. The Hall–Kier alpha value is -0.150. The zero-order valence-corrected chi connectivity index (χ0v) is 8.65. The van der Waals surface area contributed by atoms with Crippen molar-refractivity contribution in [2.24, 2.45) is 0 Å². The lowest BCUT2D eigenvalue weighted by Gasteiger charge is -2.31. The van der Waals surface area contributed by atoms with Crippen LogP contribution in [0.25, 0.3) is 0 Å². The van der Waals surface area contributed by atoms with Crippen molar-refractivity contribution in [3.05, 3.63) is 35.4 Å². The first-order chi connectivity index (χ1) is 5.14. The summed E-state index contributed by atoms with van der Waals surface area (Å²) in [6.45, 7) is 0. The Morgan fingerprint density at radius 3 is 2.45 bits per heavy atom. The van der Waals surface area contributed by atoms with Gasteiger partial charge in [-0.25, -0.2) is 0 Å². The first kappa shape index (κ1) is 7.50. The van der Waals surface area contributed by atoms with E-state index in [1.807, 2.05) is 24.3 Å². The number of rotatable bonds is 0. The molecule has 1 nitrogen and oxygen atoms in total. The normalized spacial score (nSPS) is 18.9. The molecule has 1 aromatic rings. The number of carbonyl (C=O) groups is 1. The molecule has 1 aliphatic rings. The summed E-state index contributed by atoms with van der Waals surface area (Å²) in [4.78, 5) is 11.3. The van der Waals surface area contributed by atoms with Crippen molar-refractivity contribution < 1.29 is 4.79 Å². The second kappa shape index (κ2) is 2.17. The zero-order chi connectivity index (χ0) is 8.06. The Kier molecular flexibility index (Phi) is 1.48. The van der Waals surface area contributed by atoms with Crippen LogP contribution in [0.2, 0.25) is 0 Å². The van der Waals surface area contributed by atoms with E-state index in [2.05, 4.69) is 31.9 Å². The number of carbonyl (C=O) groups excluding carboxylic acids is 1. The molecule has 0 fully saturated rings. The fourth-order valence-corrected chi connectivity index (χ4v) is 2.30. The molecule has 2 rings (SSSR count). The third-order valence-corrected chi connectivity index (χ3v) is 3.37. The van der Waals surface area contributed by atoms with Crippen molar-refractivity contribution in [3.63, 3.8) is 0 Å². The van der Waals surface area contributed by atoms with E-state index in [9.17, 15) is 4.79 Å². The number of halogens is 2. The van der Waals surface area contributed by atoms with Crippen molar-refractivity contribution in [2.45, 2.75) is 3.23 Å². The molecule has 0 aliphatic heterocycles. The summed E-state index contributed by atoms with van der Waals surface area (Å²) >= 11 is 6.59. The topological polar surface area (TPSA) is 17.1 Å². The maximum absolute atomic E-state index is 11.3. The summed E-state index contributed by atoms with van der Waals surface area (Å²) in [6, 6.07) is 7.55. The highest BCUT2D eigenvalue weighted by atomic mass is 79.9. The molecule has 0 unspecified atom stereocenters. The highest BCUT2D eigenvalue weighted by molar-refractivity contribution is 9.25. The highest BCUT2D eigenvalue weighted by Crippen LogP contribution is 2.50. The van der Waals surface area contributed by atoms with Gasteiger partial charge in [0.05, 0.1) is 0 Å². The molecule has 0 spiro atoms. The number of benzene rings is 1. The smallest absolute Gasteiger partial charge is 0.195 e. The summed E-state index contributed by atoms with van der Waals surface area (Å²) in [5, 5.41) is 0. The SMILES string of the molecule is O=C1c2ccccc2C1(Br)Br. The third-order valence-electron chi connectivity index (χ3n) is 1.80. The minimum Gasteiger partial charge on any atom is -0.291 e. The summed E-state index contributed by atoms with van der Waals surface area (Å²) in [6.07, 6.45) is 0. The van der Waals surface area contributed by atoms with Crippen LogP contribution in [0.1, 0.15) is 15.9 Å². The molecular weight excluding hydrogens is 272 g/mol. The molecule has 0 radical (unpaired) electrons. The van der Waals surface area contributed by atoms with E-state index in [-0.39, 0.29) is 5.78 Å². The molecule has 0 saturated heterocycles. The molecule has 0 amide bonds. The van der Waals surface area contributed by atoms with Gasteiger partial charge in [-0.05, 0) is 5.56 Å². The molecule has 11 heavy (non-hydrogen) atoms. The largest absolute Gasteiger partial charge is 0.291 e. The molecule has 1 aliphatic carbocycles. The van der Waals surface area contributed by atoms with Crippen LogP contribution in [0.15, 0.2) is 24.3 Å². The molecule has 0 atom stereocenters. The summed E-state index contributed by atoms with van der Waals surface area (Å²) < 4.78 is -0.601. The molecule has 0 heterocycles. The Bertz CT molecular complexity index is 331. The minimum atomic E-state index is -0.601. The molecule has 0 bridgehead atoms. The van der Waals surface area contributed by atoms with E-state index in [0.29, 0.717) is 0 Å². The van der Waals surface area contributed by atoms with Gasteiger partial charge in [-0.2, -0.15) is 0 Å². The van der Waals surface area contributed by atoms with Gasteiger partial charge in [-0.1, -0.05) is 56.1 Å². The van der Waals surface area contributed by atoms with Gasteiger partial charge < -0.3 is 0 Å². The molecule has 0 aromatic heterocycles. The molecule has 1 aromatic carbocycles. The second-order valence-corrected chi connectivity index (χ2v) is 5.89. The van der Waals surface area contributed by atoms with Gasteiger partial charge in [0.1, 0.15) is 0 Å². The lowest BCUT2D eigenvalue weighted by Crippen LogP contribution is -2.35. The van der Waals surface area contributed by atoms with E-state index in [4.69, 9.17) is 0 Å². The van der Waals surface area contributed by atoms with Crippen LogP contribution in [0.5, 0.6) is 0 Å². The van der Waals surface area contributed by atoms with E-state index in [1.54, 1.807) is 0 Å². The van der Waals surface area contributed by atoms with Gasteiger partial charge in [0.15, 0.2) is 9.02 Å². The van der Waals surface area contributed by atoms with Crippen LogP contribution < -0.4 is 0 Å². The van der Waals surface area contributed by atoms with Crippen molar-refractivity contribution >= 4 is 37.6 Å². The Morgan fingerprint density at radius 2 is 1.82 bits per heavy atom. The minimum absolute atomic E-state index is 0.105. The van der Waals surface area contributed by atoms with Gasteiger partial charge in [-0.15, -0.1) is 0 Å². The average Bonchev–Trinajstić information content (AvgIpc) is 2.04. The van der Waals surface area contributed by atoms with Crippen molar-refractivity contribution in [3.8, 4) is 0 Å². The quantitative estimate of drug-likeness (QED) is 0.666. The predicted molar refractivity (Wildman–Crippen MR) is 50.3 cm³/mol. The van der Waals surface area contributed by atoms with Crippen molar-refractivity contribution in [1.29, 1.82) is 0 Å². The van der Waals surface area contributed by atoms with Crippen LogP contribution in [0, 0.1) is 0 Å². The molecular formula is C8H4Br2O. The molecule has 0 N–H and O–H groups in total. The van der Waals surface area contributed by atoms with E-state index in [0.717, 1.165) is 11.1 Å². The lowest BCUT2D eigenvalue weighted by atomic mass is 9.87. The summed E-state index contributed by atoms with van der Waals surface area (Å²) in [5.41, 5.74) is 1.83. The van der Waals surface area contributed by atoms with Crippen LogP contribution in [-0.4, -0.2) is 5.78 Å². The van der Waals surface area contributed by atoms with E-state index >= 15 is 0 Å². The van der Waals surface area contributed by atoms with Crippen LogP contribution in [0.4, 0.5) is 0 Å². The number of Topliss-reactive ketones (excluding diaryl/α,β-unsaturated/α-hetero) is 1. The summed E-state index contributed by atoms with van der Waals surface area (Å²) in [5.74, 6) is 0.105. The maximum Gasteiger partial charge on any atom is 0.195 e. The fraction of sp³-hybridized carbons (Fsp3) is 0.125. The van der Waals surface area contributed by atoms with Crippen LogP contribution in [0.3, 0.4) is 0 Å². The zero-order valence-electron chi connectivity index (χ0n) is 5.47. The number of fused-ring (bicyclic) bond motifs is 1. The summed E-state index contributed by atoms with van der Waals surface area (Å²) in [7, 11) is 0. The van der Waals surface area contributed by atoms with Gasteiger partial charge in [0, 0.05) is 5.56 Å². The standard InChI is InChI=1S/C8H4Br2O/c9-8(10)6-4-2-1-3-5(6)7(8)11/h1-4H. The van der Waals surface area contributed by atoms with Gasteiger partial charge in [0.2, 0.25) is 0 Å². The number of ketones is 1. The predicted octanol–water partition coefficient (Wildman–Crippen LogP) is 2.83. The van der Waals surface area contributed by atoms with Crippen molar-refractivity contribution in [2.75, 3.05) is 0 Å². The van der Waals surface area contributed by atoms with Gasteiger partial charge in [-0.3, -0.25) is 4.79 Å². The van der Waals surface area contributed by atoms with Gasteiger partial charge >= 0.3 is 0 Å². The third kappa shape index (κ3) is 0.842. The van der Waals surface area contributed by atoms with Crippen molar-refractivity contribution in [1.82, 2.24) is 0 Å². The van der Waals surface area contributed by atoms with E-state index in [1.165, 1.54) is 0 Å². The Labute approximate surface area is 81.1 Å². The fourth-order valence-electron chi connectivity index (χ4n) is 1.18. The van der Waals surface area contributed by atoms with Gasteiger partial charge in [0.25, 0.3) is 0 Å². The number of alkyl halides is 2.